The quantitative estimate of drug-likeness (QED) is 0.332. The second-order valence-corrected chi connectivity index (χ2v) is 10.6. The van der Waals surface area contributed by atoms with E-state index in [-0.39, 0.29) is 10.8 Å². The molecule has 6 nitrogen and oxygen atoms in total. The first-order valence-corrected chi connectivity index (χ1v) is 12.5. The Morgan fingerprint density at radius 3 is 2.63 bits per heavy atom. The van der Waals surface area contributed by atoms with Crippen LogP contribution in [-0.4, -0.2) is 26.8 Å². The lowest BCUT2D eigenvalue weighted by molar-refractivity contribution is 0.225. The van der Waals surface area contributed by atoms with E-state index in [0.717, 1.165) is 28.6 Å². The van der Waals surface area contributed by atoms with Crippen LogP contribution < -0.4 is 10.2 Å². The lowest BCUT2D eigenvalue weighted by Crippen LogP contribution is -2.32. The zero-order chi connectivity index (χ0) is 24.0. The van der Waals surface area contributed by atoms with Crippen molar-refractivity contribution in [3.05, 3.63) is 89.9 Å². The van der Waals surface area contributed by atoms with Crippen molar-refractivity contribution in [3.8, 4) is 11.4 Å². The van der Waals surface area contributed by atoms with Crippen LogP contribution in [0, 0.1) is 5.41 Å². The summed E-state index contributed by atoms with van der Waals surface area (Å²) in [7, 11) is 0. The fourth-order valence-corrected chi connectivity index (χ4v) is 6.16. The van der Waals surface area contributed by atoms with Gasteiger partial charge in [0.05, 0.1) is 29.4 Å². The molecular weight excluding hydrogens is 432 g/mol. The fourth-order valence-electron chi connectivity index (χ4n) is 6.16. The zero-order valence-electron chi connectivity index (χ0n) is 20.6. The Bertz CT molecular complexity index is 1330. The molecule has 4 aromatic rings. The average molecular weight is 465 g/mol. The normalized spacial score (nSPS) is 21.7. The van der Waals surface area contributed by atoms with Crippen molar-refractivity contribution < 1.29 is 0 Å². The Balaban J connectivity index is 1.33. The second-order valence-electron chi connectivity index (χ2n) is 10.6. The van der Waals surface area contributed by atoms with Gasteiger partial charge in [0.15, 0.2) is 0 Å². The zero-order valence-corrected chi connectivity index (χ0v) is 20.6. The monoisotopic (exact) mass is 464 g/mol. The van der Waals surface area contributed by atoms with Crippen LogP contribution in [0.5, 0.6) is 0 Å². The topological polar surface area (TPSA) is 69.7 Å². The number of fused-ring (bicyclic) bond motifs is 5. The summed E-state index contributed by atoms with van der Waals surface area (Å²) < 4.78 is 0. The third-order valence-corrected chi connectivity index (χ3v) is 8.54. The van der Waals surface area contributed by atoms with Crippen LogP contribution in [0.3, 0.4) is 0 Å². The molecule has 0 radical (unpaired) electrons. The molecule has 178 valence electrons. The summed E-state index contributed by atoms with van der Waals surface area (Å²) in [5.41, 5.74) is 7.12. The van der Waals surface area contributed by atoms with E-state index < -0.39 is 0 Å². The first-order chi connectivity index (χ1) is 17.0. The van der Waals surface area contributed by atoms with Gasteiger partial charge >= 0.3 is 0 Å². The summed E-state index contributed by atoms with van der Waals surface area (Å²) in [6.07, 6.45) is 4.25. The minimum absolute atomic E-state index is 0.130. The van der Waals surface area contributed by atoms with Gasteiger partial charge in [0.2, 0.25) is 0 Å². The maximum atomic E-state index is 5.15. The summed E-state index contributed by atoms with van der Waals surface area (Å²) in [6.45, 7) is 8.51. The average Bonchev–Trinajstić information content (AvgIpc) is 3.47. The minimum Gasteiger partial charge on any atom is -0.313 e. The summed E-state index contributed by atoms with van der Waals surface area (Å²) >= 11 is 0. The van der Waals surface area contributed by atoms with E-state index in [1.54, 1.807) is 0 Å². The van der Waals surface area contributed by atoms with Crippen molar-refractivity contribution in [2.24, 2.45) is 5.41 Å². The Morgan fingerprint density at radius 2 is 1.83 bits per heavy atom. The van der Waals surface area contributed by atoms with E-state index in [1.165, 1.54) is 24.1 Å². The van der Waals surface area contributed by atoms with Crippen LogP contribution >= 0.6 is 0 Å². The number of aromatic amines is 1. The third-order valence-electron chi connectivity index (χ3n) is 8.54. The molecule has 0 amide bonds. The number of hydrogen-bond acceptors (Lipinski definition) is 5. The number of pyridine rings is 2. The second kappa shape index (κ2) is 8.31. The Kier molecular flexibility index (Phi) is 5.22. The van der Waals surface area contributed by atoms with Crippen molar-refractivity contribution in [3.63, 3.8) is 0 Å². The van der Waals surface area contributed by atoms with Gasteiger partial charge in [-0.15, -0.1) is 0 Å². The summed E-state index contributed by atoms with van der Waals surface area (Å²) in [6, 6.07) is 22.7. The van der Waals surface area contributed by atoms with E-state index in [2.05, 4.69) is 83.5 Å². The molecule has 2 aliphatic carbocycles. The number of benzene rings is 1. The van der Waals surface area contributed by atoms with Gasteiger partial charge in [0, 0.05) is 29.4 Å². The molecule has 6 heteroatoms. The number of H-pyrrole nitrogens is 1. The molecule has 2 atom stereocenters. The van der Waals surface area contributed by atoms with Crippen LogP contribution in [0.2, 0.25) is 0 Å². The first kappa shape index (κ1) is 22.0. The number of rotatable bonds is 7. The van der Waals surface area contributed by atoms with Crippen molar-refractivity contribution in [2.45, 2.75) is 51.5 Å². The van der Waals surface area contributed by atoms with Crippen LogP contribution in [0.25, 0.3) is 11.4 Å². The molecule has 3 aromatic heterocycles. The van der Waals surface area contributed by atoms with Gasteiger partial charge in [-0.25, -0.2) is 4.98 Å². The Labute approximate surface area is 206 Å². The van der Waals surface area contributed by atoms with Gasteiger partial charge in [-0.1, -0.05) is 51.1 Å². The molecule has 3 heterocycles. The van der Waals surface area contributed by atoms with Gasteiger partial charge in [0.1, 0.15) is 5.82 Å². The highest BCUT2D eigenvalue weighted by molar-refractivity contribution is 5.69. The molecule has 2 N–H and O–H groups in total. The molecule has 1 aromatic carbocycles. The van der Waals surface area contributed by atoms with E-state index in [0.29, 0.717) is 19.1 Å². The molecule has 35 heavy (non-hydrogen) atoms. The van der Waals surface area contributed by atoms with Gasteiger partial charge in [-0.3, -0.25) is 15.4 Å². The maximum absolute atomic E-state index is 5.15. The van der Waals surface area contributed by atoms with Crippen LogP contribution in [0.1, 0.15) is 56.5 Å². The van der Waals surface area contributed by atoms with Gasteiger partial charge in [-0.05, 0) is 60.6 Å². The molecule has 6 rings (SSSR count). The number of para-hydroxylation sites is 1. The molecule has 2 bridgehead atoms. The predicted octanol–water partition coefficient (Wildman–Crippen LogP) is 5.93. The highest BCUT2D eigenvalue weighted by Gasteiger charge is 2.61. The molecule has 1 fully saturated rings. The molecule has 0 saturated heterocycles. The number of nitrogens with zero attached hydrogens (tertiary/aromatic N) is 4. The van der Waals surface area contributed by atoms with Crippen LogP contribution in [0.4, 0.5) is 11.5 Å². The molecule has 2 aliphatic rings. The van der Waals surface area contributed by atoms with Crippen molar-refractivity contribution in [1.82, 2.24) is 25.5 Å². The van der Waals surface area contributed by atoms with Crippen LogP contribution in [0.15, 0.2) is 72.9 Å². The standard InChI is InChI=1S/C29H32N6/c1-28(2)22-15-16-29(28,3)27-25(22)26(33-34-27)23-13-9-14-24(32-23)35(21-11-5-4-6-12-21)19-30-18-20-10-7-8-17-31-20/h4-14,17,22,30H,15-16,18-19H2,1-3H3,(H,33,34). The molecule has 1 saturated carbocycles. The van der Waals surface area contributed by atoms with E-state index in [4.69, 9.17) is 10.1 Å². The van der Waals surface area contributed by atoms with Gasteiger partial charge in [-0.2, -0.15) is 5.10 Å². The van der Waals surface area contributed by atoms with E-state index in [1.807, 2.05) is 30.5 Å². The highest BCUT2D eigenvalue weighted by atomic mass is 15.3. The number of anilines is 2. The minimum atomic E-state index is 0.130. The maximum Gasteiger partial charge on any atom is 0.134 e. The lowest BCUT2D eigenvalue weighted by atomic mass is 9.70. The number of nitrogens with one attached hydrogen (secondary N) is 2. The molecule has 2 unspecified atom stereocenters. The van der Waals surface area contributed by atoms with E-state index in [9.17, 15) is 0 Å². The highest BCUT2D eigenvalue weighted by Crippen LogP contribution is 2.68. The molecule has 0 spiro atoms. The predicted molar refractivity (Wildman–Crippen MR) is 139 cm³/mol. The Hall–Kier alpha value is -3.51. The summed E-state index contributed by atoms with van der Waals surface area (Å²) in [5.74, 6) is 1.42. The lowest BCUT2D eigenvalue weighted by Gasteiger charge is -2.34. The van der Waals surface area contributed by atoms with Crippen molar-refractivity contribution in [2.75, 3.05) is 11.6 Å². The smallest absolute Gasteiger partial charge is 0.134 e. The van der Waals surface area contributed by atoms with E-state index >= 15 is 0 Å². The number of aromatic nitrogens is 4. The van der Waals surface area contributed by atoms with Gasteiger partial charge < -0.3 is 4.90 Å². The van der Waals surface area contributed by atoms with Gasteiger partial charge in [0.25, 0.3) is 0 Å². The SMILES string of the molecule is CC12CCC(c3c1n[nH]c3-c1cccc(N(CNCc3ccccn3)c3ccccc3)n1)C2(C)C. The van der Waals surface area contributed by atoms with Crippen molar-refractivity contribution in [1.29, 1.82) is 0 Å². The van der Waals surface area contributed by atoms with Crippen LogP contribution in [-0.2, 0) is 12.0 Å². The molecular formula is C29H32N6. The number of hydrogen-bond donors (Lipinski definition) is 2. The summed E-state index contributed by atoms with van der Waals surface area (Å²) in [4.78, 5) is 11.8. The summed E-state index contributed by atoms with van der Waals surface area (Å²) in [5, 5.41) is 11.7. The largest absolute Gasteiger partial charge is 0.313 e. The molecule has 0 aliphatic heterocycles. The van der Waals surface area contributed by atoms with Crippen molar-refractivity contribution >= 4 is 11.5 Å². The Morgan fingerprint density at radius 1 is 1.00 bits per heavy atom. The first-order valence-electron chi connectivity index (χ1n) is 12.5. The third kappa shape index (κ3) is 3.47. The fraction of sp³-hybridized carbons (Fsp3) is 0.345.